The number of thiophene rings is 1. The zero-order valence-electron chi connectivity index (χ0n) is 16.7. The number of hydrogen-bond donors (Lipinski definition) is 1. The van der Waals surface area contributed by atoms with Crippen LogP contribution in [-0.4, -0.2) is 30.4 Å². The van der Waals surface area contributed by atoms with E-state index >= 15 is 0 Å². The van der Waals surface area contributed by atoms with Crippen LogP contribution in [-0.2, 0) is 17.9 Å². The maximum atomic E-state index is 13.2. The van der Waals surface area contributed by atoms with Gasteiger partial charge in [0.25, 0.3) is 0 Å². The molecule has 1 aliphatic rings. The van der Waals surface area contributed by atoms with Crippen molar-refractivity contribution in [2.45, 2.75) is 52.6 Å². The lowest BCUT2D eigenvalue weighted by Gasteiger charge is -2.32. The van der Waals surface area contributed by atoms with Gasteiger partial charge in [-0.1, -0.05) is 43.7 Å². The SMILES string of the molecule is CCCCN(Cc1ccccc1)C(=O)C1CC[NH+](Cc2sccc2C)CC1. The predicted molar refractivity (Wildman–Crippen MR) is 113 cm³/mol. The number of amides is 1. The minimum atomic E-state index is 0.207. The molecule has 1 aliphatic heterocycles. The zero-order chi connectivity index (χ0) is 19.1. The lowest BCUT2D eigenvalue weighted by atomic mass is 9.94. The number of quaternary nitrogens is 1. The molecule has 3 rings (SSSR count). The van der Waals surface area contributed by atoms with E-state index in [-0.39, 0.29) is 5.92 Å². The first-order valence-electron chi connectivity index (χ1n) is 10.4. The first kappa shape index (κ1) is 20.1. The molecule has 1 aromatic heterocycles. The monoisotopic (exact) mass is 385 g/mol. The van der Waals surface area contributed by atoms with Crippen LogP contribution in [0.1, 0.15) is 48.6 Å². The summed E-state index contributed by atoms with van der Waals surface area (Å²) in [7, 11) is 0. The molecule has 4 heteroatoms. The van der Waals surface area contributed by atoms with Crippen LogP contribution in [0.4, 0.5) is 0 Å². The molecule has 0 spiro atoms. The lowest BCUT2D eigenvalue weighted by molar-refractivity contribution is -0.919. The van der Waals surface area contributed by atoms with E-state index in [2.05, 4.69) is 54.5 Å². The van der Waals surface area contributed by atoms with Gasteiger partial charge in [-0.25, -0.2) is 0 Å². The molecule has 1 saturated heterocycles. The minimum absolute atomic E-state index is 0.207. The molecule has 0 atom stereocenters. The highest BCUT2D eigenvalue weighted by molar-refractivity contribution is 7.10. The Balaban J connectivity index is 1.55. The van der Waals surface area contributed by atoms with Gasteiger partial charge in [0.1, 0.15) is 6.54 Å². The Labute approximate surface area is 168 Å². The lowest BCUT2D eigenvalue weighted by Crippen LogP contribution is -3.11. The van der Waals surface area contributed by atoms with Gasteiger partial charge in [-0.3, -0.25) is 4.79 Å². The molecule has 0 unspecified atom stereocenters. The summed E-state index contributed by atoms with van der Waals surface area (Å²) >= 11 is 1.87. The van der Waals surface area contributed by atoms with E-state index in [0.29, 0.717) is 5.91 Å². The van der Waals surface area contributed by atoms with Crippen molar-refractivity contribution in [2.75, 3.05) is 19.6 Å². The molecule has 0 saturated carbocycles. The quantitative estimate of drug-likeness (QED) is 0.737. The molecule has 2 heterocycles. The van der Waals surface area contributed by atoms with Crippen molar-refractivity contribution in [3.8, 4) is 0 Å². The fourth-order valence-electron chi connectivity index (χ4n) is 3.94. The Kier molecular flexibility index (Phi) is 7.48. The number of aryl methyl sites for hydroxylation is 1. The normalized spacial score (nSPS) is 19.8. The van der Waals surface area contributed by atoms with Gasteiger partial charge in [-0.05, 0) is 35.9 Å². The average Bonchev–Trinajstić information content (AvgIpc) is 3.10. The van der Waals surface area contributed by atoms with Gasteiger partial charge in [-0.2, -0.15) is 0 Å². The van der Waals surface area contributed by atoms with Gasteiger partial charge >= 0.3 is 0 Å². The van der Waals surface area contributed by atoms with Crippen LogP contribution >= 0.6 is 11.3 Å². The highest BCUT2D eigenvalue weighted by atomic mass is 32.1. The average molecular weight is 386 g/mol. The van der Waals surface area contributed by atoms with Gasteiger partial charge in [0.2, 0.25) is 5.91 Å². The van der Waals surface area contributed by atoms with Crippen LogP contribution in [0.5, 0.6) is 0 Å². The van der Waals surface area contributed by atoms with Gasteiger partial charge in [0.05, 0.1) is 18.0 Å². The molecule has 146 valence electrons. The molecule has 0 radical (unpaired) electrons. The molecule has 3 nitrogen and oxygen atoms in total. The summed E-state index contributed by atoms with van der Waals surface area (Å²) in [5.41, 5.74) is 2.65. The Morgan fingerprint density at radius 2 is 1.93 bits per heavy atom. The second kappa shape index (κ2) is 10.0. The van der Waals surface area contributed by atoms with Crippen LogP contribution in [0, 0.1) is 12.8 Å². The molecule has 0 bridgehead atoms. The van der Waals surface area contributed by atoms with Crippen molar-refractivity contribution in [1.29, 1.82) is 0 Å². The molecule has 1 fully saturated rings. The van der Waals surface area contributed by atoms with Crippen LogP contribution in [0.15, 0.2) is 41.8 Å². The number of hydrogen-bond acceptors (Lipinski definition) is 2. The molecule has 1 aromatic carbocycles. The number of rotatable bonds is 8. The number of carbonyl (C=O) groups excluding carboxylic acids is 1. The Hall–Kier alpha value is -1.65. The van der Waals surface area contributed by atoms with Crippen molar-refractivity contribution >= 4 is 17.2 Å². The van der Waals surface area contributed by atoms with Crippen LogP contribution in [0.25, 0.3) is 0 Å². The molecule has 27 heavy (non-hydrogen) atoms. The highest BCUT2D eigenvalue weighted by Gasteiger charge is 2.30. The summed E-state index contributed by atoms with van der Waals surface area (Å²) in [6.07, 6.45) is 4.26. The molecule has 0 aliphatic carbocycles. The number of carbonyl (C=O) groups is 1. The predicted octanol–water partition coefficient (Wildman–Crippen LogP) is 3.68. The topological polar surface area (TPSA) is 24.8 Å². The zero-order valence-corrected chi connectivity index (χ0v) is 17.6. The maximum Gasteiger partial charge on any atom is 0.226 e. The number of unbranched alkanes of at least 4 members (excludes halogenated alkanes) is 1. The van der Waals surface area contributed by atoms with E-state index < -0.39 is 0 Å². The van der Waals surface area contributed by atoms with E-state index in [1.165, 1.54) is 16.0 Å². The van der Waals surface area contributed by atoms with E-state index in [4.69, 9.17) is 0 Å². The van der Waals surface area contributed by atoms with Gasteiger partial charge in [0, 0.05) is 31.8 Å². The summed E-state index contributed by atoms with van der Waals surface area (Å²) in [6, 6.07) is 12.6. The molecular formula is C23H33N2OS+. The Morgan fingerprint density at radius 3 is 2.56 bits per heavy atom. The van der Waals surface area contributed by atoms with E-state index in [1.54, 1.807) is 4.90 Å². The fourth-order valence-corrected chi connectivity index (χ4v) is 4.92. The van der Waals surface area contributed by atoms with Gasteiger partial charge in [0.15, 0.2) is 0 Å². The summed E-state index contributed by atoms with van der Waals surface area (Å²) in [4.78, 5) is 18.4. The number of nitrogens with one attached hydrogen (secondary N) is 1. The number of benzene rings is 1. The highest BCUT2D eigenvalue weighted by Crippen LogP contribution is 2.18. The second-order valence-electron chi connectivity index (χ2n) is 7.83. The third-order valence-corrected chi connectivity index (χ3v) is 6.75. The maximum absolute atomic E-state index is 13.2. The van der Waals surface area contributed by atoms with Crippen LogP contribution < -0.4 is 4.90 Å². The van der Waals surface area contributed by atoms with Crippen molar-refractivity contribution in [3.63, 3.8) is 0 Å². The van der Waals surface area contributed by atoms with Crippen molar-refractivity contribution in [3.05, 3.63) is 57.8 Å². The van der Waals surface area contributed by atoms with E-state index in [9.17, 15) is 4.79 Å². The summed E-state index contributed by atoms with van der Waals surface area (Å²) in [5, 5.41) is 2.19. The molecule has 1 N–H and O–H groups in total. The third-order valence-electron chi connectivity index (χ3n) is 5.73. The smallest absolute Gasteiger partial charge is 0.226 e. The summed E-state index contributed by atoms with van der Waals surface area (Å²) in [6.45, 7) is 9.37. The summed E-state index contributed by atoms with van der Waals surface area (Å²) < 4.78 is 0. The Morgan fingerprint density at radius 1 is 1.19 bits per heavy atom. The van der Waals surface area contributed by atoms with Crippen LogP contribution in [0.3, 0.4) is 0 Å². The van der Waals surface area contributed by atoms with Gasteiger partial charge < -0.3 is 9.80 Å². The standard InChI is InChI=1S/C23H32N2OS/c1-3-4-13-25(17-20-8-6-5-7-9-20)23(26)21-10-14-24(15-11-21)18-22-19(2)12-16-27-22/h5-9,12,16,21H,3-4,10-11,13-15,17-18H2,1-2H3/p+1. The van der Waals surface area contributed by atoms with Crippen molar-refractivity contribution in [1.82, 2.24) is 4.90 Å². The molecular weight excluding hydrogens is 352 g/mol. The first-order chi connectivity index (χ1) is 13.2. The minimum Gasteiger partial charge on any atom is -0.338 e. The van der Waals surface area contributed by atoms with Crippen molar-refractivity contribution in [2.24, 2.45) is 5.92 Å². The number of piperidine rings is 1. The Bertz CT molecular complexity index is 704. The molecule has 1 amide bonds. The number of likely N-dealkylation sites (tertiary alicyclic amines) is 1. The van der Waals surface area contributed by atoms with E-state index in [0.717, 1.165) is 58.4 Å². The third kappa shape index (κ3) is 5.66. The summed E-state index contributed by atoms with van der Waals surface area (Å²) in [5.74, 6) is 0.581. The number of nitrogens with zero attached hydrogens (tertiary/aromatic N) is 1. The van der Waals surface area contributed by atoms with Crippen molar-refractivity contribution < 1.29 is 9.69 Å². The van der Waals surface area contributed by atoms with E-state index in [1.807, 2.05) is 17.4 Å². The second-order valence-corrected chi connectivity index (χ2v) is 8.83. The molecule has 2 aromatic rings. The largest absolute Gasteiger partial charge is 0.338 e. The fraction of sp³-hybridized carbons (Fsp3) is 0.522. The van der Waals surface area contributed by atoms with Gasteiger partial charge in [-0.15, -0.1) is 11.3 Å². The van der Waals surface area contributed by atoms with Crippen LogP contribution in [0.2, 0.25) is 0 Å². The first-order valence-corrected chi connectivity index (χ1v) is 11.2.